The fourth-order valence-electron chi connectivity index (χ4n) is 3.23. The third kappa shape index (κ3) is 8.15. The second-order valence-corrected chi connectivity index (χ2v) is 7.95. The molecule has 0 heterocycles. The number of carbonyl (C=O) groups excluding carboxylic acids is 2. The Morgan fingerprint density at radius 2 is 1.51 bits per heavy atom. The summed E-state index contributed by atoms with van der Waals surface area (Å²) < 4.78 is 88.7. The minimum atomic E-state index is -5.06. The van der Waals surface area contributed by atoms with Crippen molar-refractivity contribution in [2.24, 2.45) is 0 Å². The van der Waals surface area contributed by atoms with E-state index in [4.69, 9.17) is 15.2 Å². The average molecular weight is 553 g/mol. The number of rotatable bonds is 8. The molecule has 7 nitrogen and oxygen atoms in total. The van der Waals surface area contributed by atoms with Crippen LogP contribution in [-0.2, 0) is 21.9 Å². The molecule has 0 aromatic heterocycles. The zero-order chi connectivity index (χ0) is 28.8. The number of ether oxygens (including phenoxy) is 2. The number of halogens is 6. The summed E-state index contributed by atoms with van der Waals surface area (Å²) in [5.41, 5.74) is 3.29. The van der Waals surface area contributed by atoms with Crippen LogP contribution in [0.5, 0.6) is 11.5 Å². The number of nitrogens with two attached hydrogens (primary N) is 1. The quantitative estimate of drug-likeness (QED) is 0.181. The minimum Gasteiger partial charge on any atom is -0.493 e. The highest BCUT2D eigenvalue weighted by Gasteiger charge is 2.37. The lowest BCUT2D eigenvalue weighted by atomic mass is 10.1. The van der Waals surface area contributed by atoms with Crippen molar-refractivity contribution in [2.75, 3.05) is 30.1 Å². The summed E-state index contributed by atoms with van der Waals surface area (Å²) in [6.07, 6.45) is -7.40. The Labute approximate surface area is 218 Å². The number of hydrogen-bond donors (Lipinski definition) is 3. The van der Waals surface area contributed by atoms with Crippen molar-refractivity contribution in [1.82, 2.24) is 0 Å². The molecule has 0 unspecified atom stereocenters. The van der Waals surface area contributed by atoms with E-state index in [1.165, 1.54) is 37.5 Å². The Kier molecular flexibility index (Phi) is 8.74. The fraction of sp³-hybridized carbons (Fsp3) is 0.154. The maximum absolute atomic E-state index is 13.0. The Hall–Kier alpha value is -4.68. The van der Waals surface area contributed by atoms with Crippen LogP contribution >= 0.6 is 0 Å². The smallest absolute Gasteiger partial charge is 0.416 e. The van der Waals surface area contributed by atoms with Crippen LogP contribution in [0.15, 0.2) is 66.7 Å². The zero-order valence-corrected chi connectivity index (χ0v) is 20.1. The molecule has 0 spiro atoms. The van der Waals surface area contributed by atoms with E-state index in [0.717, 1.165) is 0 Å². The highest BCUT2D eigenvalue weighted by Crippen LogP contribution is 2.37. The Morgan fingerprint density at radius 3 is 2.10 bits per heavy atom. The van der Waals surface area contributed by atoms with Gasteiger partial charge in [0, 0.05) is 11.8 Å². The van der Waals surface area contributed by atoms with E-state index in [-0.39, 0.29) is 17.6 Å². The SMILES string of the molecule is COc1cc(/C=C/C(=O)Nc2ccccc2N)ccc1OCC(=O)Nc1cc(C(F)(F)F)cc(C(F)(F)F)c1. The van der Waals surface area contributed by atoms with Crippen LogP contribution in [0.2, 0.25) is 0 Å². The highest BCUT2D eigenvalue weighted by atomic mass is 19.4. The first-order valence-electron chi connectivity index (χ1n) is 11.0. The van der Waals surface area contributed by atoms with Crippen molar-refractivity contribution in [3.8, 4) is 11.5 Å². The first kappa shape index (κ1) is 28.9. The molecule has 0 aliphatic rings. The predicted octanol–water partition coefficient (Wildman–Crippen LogP) is 5.98. The lowest BCUT2D eigenvalue weighted by Gasteiger charge is -2.15. The van der Waals surface area contributed by atoms with Crippen molar-refractivity contribution >= 4 is 35.0 Å². The van der Waals surface area contributed by atoms with Gasteiger partial charge in [0.05, 0.1) is 29.6 Å². The van der Waals surface area contributed by atoms with Gasteiger partial charge in [-0.05, 0) is 54.1 Å². The Bertz CT molecular complexity index is 1350. The fourth-order valence-corrected chi connectivity index (χ4v) is 3.23. The second kappa shape index (κ2) is 11.8. The van der Waals surface area contributed by atoms with Crippen LogP contribution < -0.4 is 25.8 Å². The number of benzene rings is 3. The van der Waals surface area contributed by atoms with Crippen molar-refractivity contribution in [3.63, 3.8) is 0 Å². The first-order valence-corrected chi connectivity index (χ1v) is 11.0. The van der Waals surface area contributed by atoms with Gasteiger partial charge in [-0.25, -0.2) is 0 Å². The predicted molar refractivity (Wildman–Crippen MR) is 132 cm³/mol. The maximum Gasteiger partial charge on any atom is 0.416 e. The van der Waals surface area contributed by atoms with E-state index in [1.807, 2.05) is 5.32 Å². The van der Waals surface area contributed by atoms with Crippen LogP contribution in [0.4, 0.5) is 43.4 Å². The zero-order valence-electron chi connectivity index (χ0n) is 20.1. The molecule has 0 fully saturated rings. The van der Waals surface area contributed by atoms with Gasteiger partial charge >= 0.3 is 12.4 Å². The molecule has 2 amide bonds. The van der Waals surface area contributed by atoms with E-state index in [1.54, 1.807) is 24.3 Å². The van der Waals surface area contributed by atoms with Crippen LogP contribution in [0, 0.1) is 0 Å². The van der Waals surface area contributed by atoms with Gasteiger partial charge in [0.2, 0.25) is 5.91 Å². The summed E-state index contributed by atoms with van der Waals surface area (Å²) in [5, 5.41) is 4.59. The molecule has 0 radical (unpaired) electrons. The average Bonchev–Trinajstić information content (AvgIpc) is 2.86. The number of para-hydroxylation sites is 2. The van der Waals surface area contributed by atoms with E-state index in [2.05, 4.69) is 5.32 Å². The molecule has 0 saturated carbocycles. The number of hydrogen-bond acceptors (Lipinski definition) is 5. The van der Waals surface area contributed by atoms with Gasteiger partial charge in [-0.3, -0.25) is 9.59 Å². The number of carbonyl (C=O) groups is 2. The van der Waals surface area contributed by atoms with Crippen LogP contribution in [-0.4, -0.2) is 25.5 Å². The standard InChI is InChI=1S/C26H21F6N3O4/c1-38-22-10-15(7-9-23(36)35-20-5-3-2-4-19(20)33)6-8-21(22)39-14-24(37)34-18-12-16(25(27,28)29)11-17(13-18)26(30,31)32/h2-13H,14,33H2,1H3,(H,34,37)(H,35,36)/b9-7+. The van der Waals surface area contributed by atoms with Gasteiger partial charge in [-0.2, -0.15) is 26.3 Å². The summed E-state index contributed by atoms with van der Waals surface area (Å²) in [6, 6.07) is 11.8. The number of alkyl halides is 6. The third-order valence-electron chi connectivity index (χ3n) is 5.06. The number of nitrogen functional groups attached to an aromatic ring is 1. The summed E-state index contributed by atoms with van der Waals surface area (Å²) >= 11 is 0. The molecular weight excluding hydrogens is 532 g/mol. The number of anilines is 3. The summed E-state index contributed by atoms with van der Waals surface area (Å²) in [4.78, 5) is 24.4. The molecule has 0 atom stereocenters. The van der Waals surface area contributed by atoms with Crippen molar-refractivity contribution in [3.05, 3.63) is 83.4 Å². The topological polar surface area (TPSA) is 103 Å². The summed E-state index contributed by atoms with van der Waals surface area (Å²) in [5.74, 6) is -1.25. The second-order valence-electron chi connectivity index (χ2n) is 7.95. The van der Waals surface area contributed by atoms with Gasteiger partial charge in [0.25, 0.3) is 5.91 Å². The van der Waals surface area contributed by atoms with Crippen molar-refractivity contribution < 1.29 is 45.4 Å². The lowest BCUT2D eigenvalue weighted by Crippen LogP contribution is -2.21. The van der Waals surface area contributed by atoms with Gasteiger partial charge in [-0.15, -0.1) is 0 Å². The summed E-state index contributed by atoms with van der Waals surface area (Å²) in [7, 11) is 1.31. The van der Waals surface area contributed by atoms with Crippen LogP contribution in [0.25, 0.3) is 6.08 Å². The third-order valence-corrected chi connectivity index (χ3v) is 5.06. The van der Waals surface area contributed by atoms with E-state index < -0.39 is 47.6 Å². The van der Waals surface area contributed by atoms with Crippen molar-refractivity contribution in [1.29, 1.82) is 0 Å². The Balaban J connectivity index is 1.66. The number of methoxy groups -OCH3 is 1. The maximum atomic E-state index is 13.0. The van der Waals surface area contributed by atoms with E-state index in [9.17, 15) is 35.9 Å². The van der Waals surface area contributed by atoms with Gasteiger partial charge in [-0.1, -0.05) is 18.2 Å². The molecule has 206 valence electrons. The van der Waals surface area contributed by atoms with Crippen LogP contribution in [0.3, 0.4) is 0 Å². The van der Waals surface area contributed by atoms with Crippen molar-refractivity contribution in [2.45, 2.75) is 12.4 Å². The molecule has 4 N–H and O–H groups in total. The lowest BCUT2D eigenvalue weighted by molar-refractivity contribution is -0.143. The molecule has 3 aromatic rings. The largest absolute Gasteiger partial charge is 0.493 e. The molecule has 0 aliphatic heterocycles. The highest BCUT2D eigenvalue weighted by molar-refractivity contribution is 6.03. The first-order chi connectivity index (χ1) is 18.3. The molecule has 13 heteroatoms. The minimum absolute atomic E-state index is 0.0478. The molecule has 0 bridgehead atoms. The summed E-state index contributed by atoms with van der Waals surface area (Å²) in [6.45, 7) is -0.746. The van der Waals surface area contributed by atoms with Gasteiger partial charge in [0.15, 0.2) is 18.1 Å². The van der Waals surface area contributed by atoms with Gasteiger partial charge < -0.3 is 25.8 Å². The Morgan fingerprint density at radius 1 is 0.872 bits per heavy atom. The van der Waals surface area contributed by atoms with E-state index >= 15 is 0 Å². The monoisotopic (exact) mass is 553 g/mol. The molecule has 39 heavy (non-hydrogen) atoms. The number of nitrogens with one attached hydrogen (secondary N) is 2. The molecule has 3 rings (SSSR count). The van der Waals surface area contributed by atoms with Crippen LogP contribution in [0.1, 0.15) is 16.7 Å². The molecule has 3 aromatic carbocycles. The molecular formula is C26H21F6N3O4. The molecule has 0 aliphatic carbocycles. The van der Waals surface area contributed by atoms with E-state index in [0.29, 0.717) is 29.1 Å². The van der Waals surface area contributed by atoms with Gasteiger partial charge in [0.1, 0.15) is 0 Å². The molecule has 0 saturated heterocycles. The normalized spacial score (nSPS) is 11.8. The number of amides is 2.